The monoisotopic (exact) mass is 412 g/mol. The van der Waals surface area contributed by atoms with Crippen LogP contribution in [0.15, 0.2) is 47.4 Å². The summed E-state index contributed by atoms with van der Waals surface area (Å²) in [5.74, 6) is -0.270. The standard InChI is InChI=1S/C18H18Cl2N2O3S/c1-21(26(24,25)16-7-4-14(19)5-8-16)12-18(23)22-10-2-3-13-11-15(20)6-9-17(13)22/h4-9,11H,2-3,10,12H2,1H3. The number of fused-ring (bicyclic) bond motifs is 1. The second-order valence-electron chi connectivity index (χ2n) is 6.14. The second-order valence-corrected chi connectivity index (χ2v) is 9.05. The van der Waals surface area contributed by atoms with E-state index in [9.17, 15) is 13.2 Å². The Kier molecular flexibility index (Phi) is 5.58. The highest BCUT2D eigenvalue weighted by molar-refractivity contribution is 7.89. The number of hydrogen-bond acceptors (Lipinski definition) is 3. The van der Waals surface area contributed by atoms with E-state index in [-0.39, 0.29) is 17.3 Å². The molecule has 1 aliphatic rings. The van der Waals surface area contributed by atoms with Gasteiger partial charge in [0.1, 0.15) is 0 Å². The van der Waals surface area contributed by atoms with Gasteiger partial charge in [-0.15, -0.1) is 0 Å². The number of halogens is 2. The number of rotatable bonds is 4. The van der Waals surface area contributed by atoms with Crippen LogP contribution >= 0.6 is 23.2 Å². The van der Waals surface area contributed by atoms with Crippen LogP contribution in [0.2, 0.25) is 10.0 Å². The van der Waals surface area contributed by atoms with Crippen molar-refractivity contribution in [1.82, 2.24) is 4.31 Å². The van der Waals surface area contributed by atoms with Crippen LogP contribution < -0.4 is 4.90 Å². The van der Waals surface area contributed by atoms with Gasteiger partial charge >= 0.3 is 0 Å². The second kappa shape index (κ2) is 7.56. The van der Waals surface area contributed by atoms with Crippen molar-refractivity contribution in [3.63, 3.8) is 0 Å². The Morgan fingerprint density at radius 3 is 2.46 bits per heavy atom. The molecule has 0 aromatic heterocycles. The average Bonchev–Trinajstić information content (AvgIpc) is 2.61. The van der Waals surface area contributed by atoms with Gasteiger partial charge in [0.2, 0.25) is 15.9 Å². The van der Waals surface area contributed by atoms with E-state index in [0.29, 0.717) is 16.6 Å². The molecular weight excluding hydrogens is 395 g/mol. The highest BCUT2D eigenvalue weighted by atomic mass is 35.5. The van der Waals surface area contributed by atoms with Crippen LogP contribution in [-0.2, 0) is 21.2 Å². The molecule has 0 bridgehead atoms. The van der Waals surface area contributed by atoms with Gasteiger partial charge in [0.05, 0.1) is 11.4 Å². The Labute approximate surface area is 163 Å². The van der Waals surface area contributed by atoms with Gasteiger partial charge in [-0.1, -0.05) is 23.2 Å². The van der Waals surface area contributed by atoms with Gasteiger partial charge in [0.25, 0.3) is 0 Å². The summed E-state index contributed by atoms with van der Waals surface area (Å²) < 4.78 is 26.4. The molecule has 2 aromatic rings. The summed E-state index contributed by atoms with van der Waals surface area (Å²) in [5.41, 5.74) is 1.79. The molecular formula is C18H18Cl2N2O3S. The molecule has 1 heterocycles. The van der Waals surface area contributed by atoms with E-state index in [4.69, 9.17) is 23.2 Å². The molecule has 0 fully saturated rings. The first-order valence-electron chi connectivity index (χ1n) is 8.10. The summed E-state index contributed by atoms with van der Waals surface area (Å²) in [6, 6.07) is 11.3. The quantitative estimate of drug-likeness (QED) is 0.770. The van der Waals surface area contributed by atoms with E-state index in [0.717, 1.165) is 28.4 Å². The topological polar surface area (TPSA) is 57.7 Å². The van der Waals surface area contributed by atoms with E-state index in [1.54, 1.807) is 11.0 Å². The lowest BCUT2D eigenvalue weighted by Crippen LogP contribution is -2.43. The number of amides is 1. The number of aryl methyl sites for hydroxylation is 1. The van der Waals surface area contributed by atoms with Crippen molar-refractivity contribution in [2.45, 2.75) is 17.7 Å². The molecule has 2 aromatic carbocycles. The number of anilines is 1. The molecule has 5 nitrogen and oxygen atoms in total. The zero-order valence-electron chi connectivity index (χ0n) is 14.2. The molecule has 0 radical (unpaired) electrons. The lowest BCUT2D eigenvalue weighted by atomic mass is 10.0. The molecule has 138 valence electrons. The van der Waals surface area contributed by atoms with Gasteiger partial charge in [-0.2, -0.15) is 4.31 Å². The maximum absolute atomic E-state index is 12.8. The summed E-state index contributed by atoms with van der Waals surface area (Å²) in [4.78, 5) is 14.5. The number of carbonyl (C=O) groups is 1. The number of hydrogen-bond donors (Lipinski definition) is 0. The maximum Gasteiger partial charge on any atom is 0.243 e. The van der Waals surface area contributed by atoms with Gasteiger partial charge in [-0.05, 0) is 60.9 Å². The molecule has 0 aliphatic carbocycles. The van der Waals surface area contributed by atoms with E-state index in [2.05, 4.69) is 0 Å². The van der Waals surface area contributed by atoms with Crippen LogP contribution in [0.3, 0.4) is 0 Å². The van der Waals surface area contributed by atoms with Crippen molar-refractivity contribution in [2.24, 2.45) is 0 Å². The van der Waals surface area contributed by atoms with E-state index in [1.165, 1.54) is 31.3 Å². The molecule has 0 N–H and O–H groups in total. The molecule has 26 heavy (non-hydrogen) atoms. The summed E-state index contributed by atoms with van der Waals surface area (Å²) in [7, 11) is -2.37. The van der Waals surface area contributed by atoms with Crippen LogP contribution in [0.25, 0.3) is 0 Å². The van der Waals surface area contributed by atoms with Crippen molar-refractivity contribution in [2.75, 3.05) is 25.0 Å². The predicted octanol–water partition coefficient (Wildman–Crippen LogP) is 3.59. The van der Waals surface area contributed by atoms with Crippen molar-refractivity contribution in [1.29, 1.82) is 0 Å². The number of nitrogens with zero attached hydrogens (tertiary/aromatic N) is 2. The highest BCUT2D eigenvalue weighted by Crippen LogP contribution is 2.30. The molecule has 0 saturated carbocycles. The number of benzene rings is 2. The summed E-state index contributed by atoms with van der Waals surface area (Å²) in [6.45, 7) is 0.315. The molecule has 1 aliphatic heterocycles. The minimum Gasteiger partial charge on any atom is -0.311 e. The SMILES string of the molecule is CN(CC(=O)N1CCCc2cc(Cl)ccc21)S(=O)(=O)c1ccc(Cl)cc1. The van der Waals surface area contributed by atoms with E-state index < -0.39 is 10.0 Å². The zero-order valence-corrected chi connectivity index (χ0v) is 16.5. The maximum atomic E-state index is 12.8. The molecule has 0 saturated heterocycles. The van der Waals surface area contributed by atoms with Crippen molar-refractivity contribution >= 4 is 44.8 Å². The molecule has 0 atom stereocenters. The third kappa shape index (κ3) is 3.88. The minimum absolute atomic E-state index is 0.100. The summed E-state index contributed by atoms with van der Waals surface area (Å²) >= 11 is 11.8. The van der Waals surface area contributed by atoms with Gasteiger partial charge in [0, 0.05) is 29.3 Å². The number of likely N-dealkylation sites (N-methyl/N-ethyl adjacent to an activating group) is 1. The van der Waals surface area contributed by atoms with Crippen molar-refractivity contribution < 1.29 is 13.2 Å². The molecule has 1 amide bonds. The lowest BCUT2D eigenvalue weighted by molar-refractivity contribution is -0.118. The van der Waals surface area contributed by atoms with Crippen molar-refractivity contribution in [3.8, 4) is 0 Å². The fourth-order valence-electron chi connectivity index (χ4n) is 2.97. The number of carbonyl (C=O) groups excluding carboxylic acids is 1. The Morgan fingerprint density at radius 2 is 1.77 bits per heavy atom. The lowest BCUT2D eigenvalue weighted by Gasteiger charge is -2.31. The van der Waals surface area contributed by atoms with Crippen LogP contribution in [-0.4, -0.2) is 38.8 Å². The Hall–Kier alpha value is -1.60. The summed E-state index contributed by atoms with van der Waals surface area (Å²) in [6.07, 6.45) is 1.66. The predicted molar refractivity (Wildman–Crippen MR) is 103 cm³/mol. The smallest absolute Gasteiger partial charge is 0.243 e. The minimum atomic E-state index is -3.77. The summed E-state index contributed by atoms with van der Waals surface area (Å²) in [5, 5.41) is 1.08. The number of sulfonamides is 1. The Balaban J connectivity index is 1.79. The molecule has 8 heteroatoms. The van der Waals surface area contributed by atoms with Gasteiger partial charge < -0.3 is 4.90 Å². The first-order chi connectivity index (χ1) is 12.3. The fraction of sp³-hybridized carbons (Fsp3) is 0.278. The van der Waals surface area contributed by atoms with Crippen LogP contribution in [0.5, 0.6) is 0 Å². The van der Waals surface area contributed by atoms with E-state index in [1.807, 2.05) is 12.1 Å². The Morgan fingerprint density at radius 1 is 1.12 bits per heavy atom. The first kappa shape index (κ1) is 19.2. The van der Waals surface area contributed by atoms with Crippen LogP contribution in [0.4, 0.5) is 5.69 Å². The van der Waals surface area contributed by atoms with Crippen LogP contribution in [0.1, 0.15) is 12.0 Å². The van der Waals surface area contributed by atoms with Crippen LogP contribution in [0, 0.1) is 0 Å². The van der Waals surface area contributed by atoms with E-state index >= 15 is 0 Å². The average molecular weight is 413 g/mol. The zero-order chi connectivity index (χ0) is 18.9. The molecule has 0 spiro atoms. The fourth-order valence-corrected chi connectivity index (χ4v) is 4.41. The molecule has 0 unspecified atom stereocenters. The third-order valence-corrected chi connectivity index (χ3v) is 6.65. The van der Waals surface area contributed by atoms with Crippen molar-refractivity contribution in [3.05, 3.63) is 58.1 Å². The van der Waals surface area contributed by atoms with Gasteiger partial charge in [-0.25, -0.2) is 8.42 Å². The molecule has 3 rings (SSSR count). The third-order valence-electron chi connectivity index (χ3n) is 4.34. The normalized spacial score (nSPS) is 14.4. The van der Waals surface area contributed by atoms with Gasteiger partial charge in [-0.3, -0.25) is 4.79 Å². The first-order valence-corrected chi connectivity index (χ1v) is 10.3. The highest BCUT2D eigenvalue weighted by Gasteiger charge is 2.28. The largest absolute Gasteiger partial charge is 0.311 e. The van der Waals surface area contributed by atoms with Gasteiger partial charge in [0.15, 0.2) is 0 Å². The Bertz CT molecular complexity index is 930.